The molecule has 0 saturated heterocycles. The fourth-order valence-electron chi connectivity index (χ4n) is 10.2. The first-order valence-electron chi connectivity index (χ1n) is 21.8. The van der Waals surface area contributed by atoms with Crippen molar-refractivity contribution in [2.24, 2.45) is 0 Å². The second-order valence-corrected chi connectivity index (χ2v) is 16.6. The summed E-state index contributed by atoms with van der Waals surface area (Å²) < 4.78 is 12.1. The van der Waals surface area contributed by atoms with E-state index >= 15 is 0 Å². The number of fused-ring (bicyclic) bond motifs is 9. The monoisotopic (exact) mass is 805 g/mol. The van der Waals surface area contributed by atoms with Gasteiger partial charge in [-0.05, 0) is 78.1 Å². The molecule has 0 amide bonds. The molecule has 4 heterocycles. The van der Waals surface area contributed by atoms with Crippen molar-refractivity contribution < 1.29 is 4.42 Å². The summed E-state index contributed by atoms with van der Waals surface area (Å²) in [7, 11) is 0. The van der Waals surface area contributed by atoms with Gasteiger partial charge in [-0.3, -0.25) is 0 Å². The van der Waals surface area contributed by atoms with E-state index in [0.29, 0.717) is 0 Å². The lowest BCUT2D eigenvalue weighted by atomic mass is 9.94. The van der Waals surface area contributed by atoms with Gasteiger partial charge in [0, 0.05) is 60.9 Å². The van der Waals surface area contributed by atoms with Gasteiger partial charge in [0.05, 0.1) is 33.1 Å². The van der Waals surface area contributed by atoms with Gasteiger partial charge in [0.25, 0.3) is 0 Å². The SMILES string of the molecule is C1=Cc2c(n(-c3cc(-c4ccc5c(c4)nc(-c4ccccc4)c4c(-c6ccccc6)c(-c6ccccc6)oc45)cc(-n4c5ccccc5c5ccccc54)c3)c3ccccc23)CC1. The Hall–Kier alpha value is -8.21. The Morgan fingerprint density at radius 3 is 1.70 bits per heavy atom. The largest absolute Gasteiger partial charge is 0.455 e. The van der Waals surface area contributed by atoms with E-state index in [9.17, 15) is 0 Å². The third kappa shape index (κ3) is 5.58. The zero-order valence-corrected chi connectivity index (χ0v) is 34.4. The number of pyridine rings is 1. The predicted octanol–water partition coefficient (Wildman–Crippen LogP) is 15.6. The Labute approximate surface area is 364 Å². The number of para-hydroxylation sites is 3. The average Bonchev–Trinajstić information content (AvgIpc) is 4.03. The van der Waals surface area contributed by atoms with E-state index in [-0.39, 0.29) is 0 Å². The highest BCUT2D eigenvalue weighted by atomic mass is 16.3. The van der Waals surface area contributed by atoms with Gasteiger partial charge in [-0.2, -0.15) is 0 Å². The van der Waals surface area contributed by atoms with Crippen molar-refractivity contribution in [3.8, 4) is 56.2 Å². The lowest BCUT2D eigenvalue weighted by Crippen LogP contribution is -2.05. The normalized spacial score (nSPS) is 12.6. The predicted molar refractivity (Wildman–Crippen MR) is 262 cm³/mol. The summed E-state index contributed by atoms with van der Waals surface area (Å²) in [6, 6.07) is 71.8. The van der Waals surface area contributed by atoms with Crippen molar-refractivity contribution in [1.29, 1.82) is 0 Å². The Balaban J connectivity index is 1.10. The number of rotatable bonds is 6. The molecule has 4 aromatic heterocycles. The number of nitrogens with zero attached hydrogens (tertiary/aromatic N) is 3. The summed E-state index contributed by atoms with van der Waals surface area (Å²) in [5, 5.41) is 5.75. The molecule has 0 N–H and O–H groups in total. The van der Waals surface area contributed by atoms with Crippen molar-refractivity contribution in [3.05, 3.63) is 218 Å². The van der Waals surface area contributed by atoms with Crippen LogP contribution >= 0.6 is 0 Å². The highest BCUT2D eigenvalue weighted by Gasteiger charge is 2.25. The molecule has 0 bridgehead atoms. The van der Waals surface area contributed by atoms with Crippen LogP contribution in [0.4, 0.5) is 0 Å². The van der Waals surface area contributed by atoms with Crippen molar-refractivity contribution in [3.63, 3.8) is 0 Å². The maximum absolute atomic E-state index is 7.12. The third-order valence-electron chi connectivity index (χ3n) is 12.9. The number of benzene rings is 8. The fraction of sp³-hybridized carbons (Fsp3) is 0.0339. The van der Waals surface area contributed by atoms with Crippen LogP contribution in [-0.2, 0) is 6.42 Å². The molecule has 0 radical (unpaired) electrons. The van der Waals surface area contributed by atoms with Gasteiger partial charge in [0.15, 0.2) is 0 Å². The van der Waals surface area contributed by atoms with Crippen LogP contribution in [0.1, 0.15) is 17.7 Å². The lowest BCUT2D eigenvalue weighted by Gasteiger charge is -2.18. The smallest absolute Gasteiger partial charge is 0.147 e. The Morgan fingerprint density at radius 2 is 1.02 bits per heavy atom. The quantitative estimate of drug-likeness (QED) is 0.168. The summed E-state index contributed by atoms with van der Waals surface area (Å²) in [6.07, 6.45) is 6.62. The maximum atomic E-state index is 7.12. The van der Waals surface area contributed by atoms with E-state index in [0.717, 1.165) is 90.9 Å². The van der Waals surface area contributed by atoms with Crippen LogP contribution in [-0.4, -0.2) is 14.1 Å². The Kier molecular flexibility index (Phi) is 8.00. The zero-order chi connectivity index (χ0) is 41.4. The molecule has 0 aliphatic heterocycles. The van der Waals surface area contributed by atoms with Crippen LogP contribution in [0.2, 0.25) is 0 Å². The number of allylic oxidation sites excluding steroid dienone is 1. The first-order chi connectivity index (χ1) is 31.3. The first kappa shape index (κ1) is 35.5. The van der Waals surface area contributed by atoms with Gasteiger partial charge in [0.1, 0.15) is 11.3 Å². The average molecular weight is 806 g/mol. The van der Waals surface area contributed by atoms with E-state index in [1.54, 1.807) is 0 Å². The van der Waals surface area contributed by atoms with Crippen LogP contribution in [0, 0.1) is 0 Å². The van der Waals surface area contributed by atoms with E-state index < -0.39 is 0 Å². The molecule has 63 heavy (non-hydrogen) atoms. The number of furan rings is 1. The first-order valence-corrected chi connectivity index (χ1v) is 21.8. The molecule has 1 aliphatic carbocycles. The minimum Gasteiger partial charge on any atom is -0.455 e. The molecule has 4 heteroatoms. The molecule has 0 unspecified atom stereocenters. The van der Waals surface area contributed by atoms with Gasteiger partial charge in [-0.1, -0.05) is 164 Å². The molecule has 0 saturated carbocycles. The summed E-state index contributed by atoms with van der Waals surface area (Å²) in [5.41, 5.74) is 17.5. The molecule has 1 aliphatic rings. The van der Waals surface area contributed by atoms with Crippen molar-refractivity contribution in [1.82, 2.24) is 14.1 Å². The number of hydrogen-bond donors (Lipinski definition) is 0. The molecule has 0 spiro atoms. The van der Waals surface area contributed by atoms with Crippen LogP contribution in [0.5, 0.6) is 0 Å². The maximum Gasteiger partial charge on any atom is 0.147 e. The molecular weight excluding hydrogens is 767 g/mol. The lowest BCUT2D eigenvalue weighted by molar-refractivity contribution is 0.636. The fourth-order valence-corrected chi connectivity index (χ4v) is 10.2. The molecule has 296 valence electrons. The number of hydrogen-bond acceptors (Lipinski definition) is 2. The van der Waals surface area contributed by atoms with Gasteiger partial charge < -0.3 is 13.6 Å². The summed E-state index contributed by atoms with van der Waals surface area (Å²) in [5.74, 6) is 0.841. The van der Waals surface area contributed by atoms with E-state index in [4.69, 9.17) is 9.40 Å². The highest BCUT2D eigenvalue weighted by molar-refractivity contribution is 6.17. The topological polar surface area (TPSA) is 35.9 Å². The summed E-state index contributed by atoms with van der Waals surface area (Å²) in [4.78, 5) is 5.60. The van der Waals surface area contributed by atoms with Crippen LogP contribution in [0.3, 0.4) is 0 Å². The van der Waals surface area contributed by atoms with E-state index in [1.807, 2.05) is 0 Å². The standard InChI is InChI=1S/C59H39N3O/c1-4-18-38(19-5-1)55-56-57(39-20-6-2-7-21-39)60-50-36-41(32-33-49(50)59(56)63-58(55)40-22-8-3-9-23-40)42-34-43(61-51-28-14-10-24-45(51)46-25-11-15-29-52(46)61)37-44(35-42)62-53-30-16-12-26-47(53)48-27-13-17-31-54(48)62/h1-16,18-30,32-37H,17,31H2. The molecule has 8 aromatic carbocycles. The second kappa shape index (κ2) is 14.2. The van der Waals surface area contributed by atoms with E-state index in [2.05, 4.69) is 221 Å². The molecule has 4 nitrogen and oxygen atoms in total. The zero-order valence-electron chi connectivity index (χ0n) is 34.4. The Bertz CT molecular complexity index is 3720. The molecule has 0 fully saturated rings. The van der Waals surface area contributed by atoms with Crippen LogP contribution in [0.15, 0.2) is 211 Å². The van der Waals surface area contributed by atoms with Gasteiger partial charge in [-0.25, -0.2) is 4.98 Å². The summed E-state index contributed by atoms with van der Waals surface area (Å²) in [6.45, 7) is 0. The highest BCUT2D eigenvalue weighted by Crippen LogP contribution is 2.47. The van der Waals surface area contributed by atoms with Crippen LogP contribution in [0.25, 0.3) is 117 Å². The van der Waals surface area contributed by atoms with Gasteiger partial charge in [0.2, 0.25) is 0 Å². The summed E-state index contributed by atoms with van der Waals surface area (Å²) >= 11 is 0. The Morgan fingerprint density at radius 1 is 0.444 bits per heavy atom. The minimum absolute atomic E-state index is 0.835. The molecular formula is C59H39N3O. The third-order valence-corrected chi connectivity index (χ3v) is 12.9. The molecule has 0 atom stereocenters. The number of aromatic nitrogens is 3. The van der Waals surface area contributed by atoms with Crippen molar-refractivity contribution >= 4 is 60.7 Å². The minimum atomic E-state index is 0.835. The van der Waals surface area contributed by atoms with Gasteiger partial charge >= 0.3 is 0 Å². The van der Waals surface area contributed by atoms with Gasteiger partial charge in [-0.15, -0.1) is 0 Å². The van der Waals surface area contributed by atoms with Crippen LogP contribution < -0.4 is 0 Å². The molecule has 12 aromatic rings. The second-order valence-electron chi connectivity index (χ2n) is 16.6. The van der Waals surface area contributed by atoms with E-state index in [1.165, 1.54) is 44.0 Å². The molecule has 13 rings (SSSR count). The van der Waals surface area contributed by atoms with Crippen molar-refractivity contribution in [2.75, 3.05) is 0 Å². The van der Waals surface area contributed by atoms with Crippen molar-refractivity contribution in [2.45, 2.75) is 12.8 Å².